The Morgan fingerprint density at radius 2 is 1.60 bits per heavy atom. The predicted molar refractivity (Wildman–Crippen MR) is 119 cm³/mol. The average molecular weight is 491 g/mol. The van der Waals surface area contributed by atoms with E-state index in [9.17, 15) is 8.42 Å². The van der Waals surface area contributed by atoms with E-state index in [1.807, 2.05) is 17.0 Å². The summed E-state index contributed by atoms with van der Waals surface area (Å²) >= 11 is 3.35. The molecule has 0 radical (unpaired) electrons. The van der Waals surface area contributed by atoms with E-state index in [1.165, 1.54) is 0 Å². The minimum Gasteiger partial charge on any atom is -0.497 e. The highest BCUT2D eigenvalue weighted by atomic mass is 79.9. The SMILES string of the molecule is COc1ccc(-c2nc(S(=O)(=O)c3ccc(Br)cc3)c(N3CCCCCC3)o2)cc1. The van der Waals surface area contributed by atoms with E-state index in [1.54, 1.807) is 43.5 Å². The zero-order chi connectivity index (χ0) is 21.1. The van der Waals surface area contributed by atoms with Crippen LogP contribution in [0.25, 0.3) is 11.5 Å². The summed E-state index contributed by atoms with van der Waals surface area (Å²) in [5.74, 6) is 1.32. The number of sulfone groups is 1. The normalized spacial score (nSPS) is 15.1. The molecule has 1 fully saturated rings. The van der Waals surface area contributed by atoms with Gasteiger partial charge in [-0.15, -0.1) is 0 Å². The van der Waals surface area contributed by atoms with Crippen molar-refractivity contribution < 1.29 is 17.6 Å². The molecule has 0 spiro atoms. The van der Waals surface area contributed by atoms with Crippen molar-refractivity contribution in [2.45, 2.75) is 35.6 Å². The molecule has 1 aliphatic rings. The minimum absolute atomic E-state index is 0.0301. The van der Waals surface area contributed by atoms with Gasteiger partial charge >= 0.3 is 0 Å². The highest BCUT2D eigenvalue weighted by molar-refractivity contribution is 9.10. The first-order valence-electron chi connectivity index (χ1n) is 9.90. The van der Waals surface area contributed by atoms with Gasteiger partial charge in [-0.1, -0.05) is 28.8 Å². The predicted octanol–water partition coefficient (Wildman–Crippen LogP) is 5.33. The molecule has 0 unspecified atom stereocenters. The molecule has 0 atom stereocenters. The van der Waals surface area contributed by atoms with Crippen LogP contribution in [0, 0.1) is 0 Å². The Labute approximate surface area is 184 Å². The van der Waals surface area contributed by atoms with E-state index in [0.717, 1.165) is 43.2 Å². The lowest BCUT2D eigenvalue weighted by molar-refractivity contribution is 0.415. The molecule has 158 valence electrons. The molecule has 0 aliphatic carbocycles. The van der Waals surface area contributed by atoms with E-state index in [4.69, 9.17) is 9.15 Å². The fraction of sp³-hybridized carbons (Fsp3) is 0.318. The second kappa shape index (κ2) is 8.81. The first kappa shape index (κ1) is 20.9. The van der Waals surface area contributed by atoms with Crippen molar-refractivity contribution in [1.29, 1.82) is 0 Å². The largest absolute Gasteiger partial charge is 0.497 e. The Bertz CT molecular complexity index is 1100. The van der Waals surface area contributed by atoms with Crippen molar-refractivity contribution in [3.8, 4) is 17.2 Å². The van der Waals surface area contributed by atoms with Crippen LogP contribution in [0.15, 0.2) is 67.3 Å². The zero-order valence-corrected chi connectivity index (χ0v) is 19.1. The molecule has 2 heterocycles. The summed E-state index contributed by atoms with van der Waals surface area (Å²) in [7, 11) is -2.24. The first-order valence-corrected chi connectivity index (χ1v) is 12.2. The van der Waals surface area contributed by atoms with Crippen molar-refractivity contribution in [2.24, 2.45) is 0 Å². The third kappa shape index (κ3) is 4.25. The second-order valence-corrected chi connectivity index (χ2v) is 10.00. The third-order valence-corrected chi connectivity index (χ3v) is 7.38. The summed E-state index contributed by atoms with van der Waals surface area (Å²) in [5, 5.41) is -0.0301. The minimum atomic E-state index is -3.84. The molecule has 0 N–H and O–H groups in total. The van der Waals surface area contributed by atoms with Crippen molar-refractivity contribution in [2.75, 3.05) is 25.1 Å². The number of nitrogens with zero attached hydrogens (tertiary/aromatic N) is 2. The molecule has 8 heteroatoms. The van der Waals surface area contributed by atoms with Crippen LogP contribution >= 0.6 is 15.9 Å². The van der Waals surface area contributed by atoms with Crippen molar-refractivity contribution in [3.05, 3.63) is 53.0 Å². The van der Waals surface area contributed by atoms with Gasteiger partial charge < -0.3 is 14.1 Å². The lowest BCUT2D eigenvalue weighted by atomic mass is 10.2. The number of ether oxygens (including phenoxy) is 1. The average Bonchev–Trinajstić information content (AvgIpc) is 3.04. The number of anilines is 1. The standard InChI is InChI=1S/C22H23BrN2O4S/c1-28-18-10-6-16(7-11-18)20-24-21(22(29-20)25-14-4-2-3-5-15-25)30(26,27)19-12-8-17(23)9-13-19/h6-13H,2-5,14-15H2,1H3. The molecular weight excluding hydrogens is 468 g/mol. The molecule has 1 aliphatic heterocycles. The molecule has 1 saturated heterocycles. The Morgan fingerprint density at radius 1 is 0.967 bits per heavy atom. The molecule has 4 rings (SSSR count). The van der Waals surface area contributed by atoms with Crippen LogP contribution < -0.4 is 9.64 Å². The van der Waals surface area contributed by atoms with Gasteiger partial charge in [0.15, 0.2) is 0 Å². The van der Waals surface area contributed by atoms with Gasteiger partial charge in [-0.3, -0.25) is 0 Å². The molecule has 6 nitrogen and oxygen atoms in total. The highest BCUT2D eigenvalue weighted by Gasteiger charge is 2.31. The van der Waals surface area contributed by atoms with Gasteiger partial charge in [0.05, 0.1) is 12.0 Å². The van der Waals surface area contributed by atoms with Crippen molar-refractivity contribution >= 4 is 31.7 Å². The van der Waals surface area contributed by atoms with E-state index < -0.39 is 9.84 Å². The maximum absolute atomic E-state index is 13.5. The van der Waals surface area contributed by atoms with Gasteiger partial charge in [-0.05, 0) is 61.4 Å². The lowest BCUT2D eigenvalue weighted by Crippen LogP contribution is -2.25. The third-order valence-electron chi connectivity index (χ3n) is 5.19. The molecular formula is C22H23BrN2O4S. The molecule has 2 aromatic carbocycles. The maximum Gasteiger partial charge on any atom is 0.236 e. The summed E-state index contributed by atoms with van der Waals surface area (Å²) < 4.78 is 39.0. The summed E-state index contributed by atoms with van der Waals surface area (Å²) in [6, 6.07) is 13.8. The van der Waals surface area contributed by atoms with Gasteiger partial charge in [0.25, 0.3) is 0 Å². The summed E-state index contributed by atoms with van der Waals surface area (Å²) in [6.07, 6.45) is 4.25. The van der Waals surface area contributed by atoms with Gasteiger partial charge in [0, 0.05) is 23.1 Å². The number of rotatable bonds is 5. The fourth-order valence-corrected chi connectivity index (χ4v) is 5.11. The Kier molecular flexibility index (Phi) is 6.15. The van der Waals surface area contributed by atoms with Gasteiger partial charge in [0.1, 0.15) is 5.75 Å². The highest BCUT2D eigenvalue weighted by Crippen LogP contribution is 2.36. The number of hydrogen-bond acceptors (Lipinski definition) is 6. The van der Waals surface area contributed by atoms with Crippen molar-refractivity contribution in [1.82, 2.24) is 4.98 Å². The summed E-state index contributed by atoms with van der Waals surface area (Å²) in [4.78, 5) is 6.67. The Morgan fingerprint density at radius 3 is 2.20 bits per heavy atom. The maximum atomic E-state index is 13.5. The molecule has 0 amide bonds. The van der Waals surface area contributed by atoms with Crippen LogP contribution in [0.3, 0.4) is 0 Å². The van der Waals surface area contributed by atoms with Crippen LogP contribution in [0.5, 0.6) is 5.75 Å². The lowest BCUT2D eigenvalue weighted by Gasteiger charge is -2.20. The number of halogens is 1. The zero-order valence-electron chi connectivity index (χ0n) is 16.7. The number of benzene rings is 2. The number of methoxy groups -OCH3 is 1. The van der Waals surface area contributed by atoms with Crippen LogP contribution in [0.4, 0.5) is 5.88 Å². The van der Waals surface area contributed by atoms with Crippen LogP contribution in [-0.2, 0) is 9.84 Å². The topological polar surface area (TPSA) is 72.6 Å². The summed E-state index contributed by atoms with van der Waals surface area (Å²) in [6.45, 7) is 1.50. The molecule has 0 saturated carbocycles. The molecule has 30 heavy (non-hydrogen) atoms. The quantitative estimate of drug-likeness (QED) is 0.481. The Hall–Kier alpha value is -2.32. The van der Waals surface area contributed by atoms with Gasteiger partial charge in [-0.2, -0.15) is 4.98 Å². The Balaban J connectivity index is 1.82. The van der Waals surface area contributed by atoms with Crippen LogP contribution in [0.2, 0.25) is 0 Å². The smallest absolute Gasteiger partial charge is 0.236 e. The number of aromatic nitrogens is 1. The van der Waals surface area contributed by atoms with Gasteiger partial charge in [-0.25, -0.2) is 8.42 Å². The molecule has 1 aromatic heterocycles. The monoisotopic (exact) mass is 490 g/mol. The van der Waals surface area contributed by atoms with Gasteiger partial charge in [0.2, 0.25) is 26.6 Å². The van der Waals surface area contributed by atoms with Crippen LogP contribution in [0.1, 0.15) is 25.7 Å². The molecule has 0 bridgehead atoms. The number of oxazole rings is 1. The van der Waals surface area contributed by atoms with Crippen LogP contribution in [-0.4, -0.2) is 33.6 Å². The van der Waals surface area contributed by atoms with E-state index in [2.05, 4.69) is 20.9 Å². The molecule has 3 aromatic rings. The van der Waals surface area contributed by atoms with E-state index in [0.29, 0.717) is 17.2 Å². The summed E-state index contributed by atoms with van der Waals surface area (Å²) in [5.41, 5.74) is 0.698. The van der Waals surface area contributed by atoms with E-state index in [-0.39, 0.29) is 15.8 Å². The van der Waals surface area contributed by atoms with E-state index >= 15 is 0 Å². The fourth-order valence-electron chi connectivity index (χ4n) is 3.53. The number of hydrogen-bond donors (Lipinski definition) is 0. The first-order chi connectivity index (χ1) is 14.5. The van der Waals surface area contributed by atoms with Crippen molar-refractivity contribution in [3.63, 3.8) is 0 Å². The second-order valence-electron chi connectivity index (χ2n) is 7.22.